The molecule has 6 heteroatoms. The first kappa shape index (κ1) is 16.9. The maximum Gasteiger partial charge on any atom is 0.237 e. The first-order chi connectivity index (χ1) is 8.08. The maximum atomic E-state index is 11.3. The fraction of sp³-hybridized carbons (Fsp3) is 0.667. The summed E-state index contributed by atoms with van der Waals surface area (Å²) in [6.07, 6.45) is 2.07. The van der Waals surface area contributed by atoms with Gasteiger partial charge in [-0.25, -0.2) is 0 Å². The summed E-state index contributed by atoms with van der Waals surface area (Å²) < 4.78 is 5.17. The smallest absolute Gasteiger partial charge is 0.237 e. The van der Waals surface area contributed by atoms with Crippen LogP contribution in [0.25, 0.3) is 0 Å². The van der Waals surface area contributed by atoms with Crippen LogP contribution in [-0.4, -0.2) is 17.1 Å². The van der Waals surface area contributed by atoms with Crippen LogP contribution in [0.1, 0.15) is 51.0 Å². The highest BCUT2D eigenvalue weighted by Gasteiger charge is 2.14. The average Bonchev–Trinajstić information content (AvgIpc) is 2.76. The van der Waals surface area contributed by atoms with E-state index in [1.165, 1.54) is 0 Å². The van der Waals surface area contributed by atoms with Crippen molar-refractivity contribution in [3.8, 4) is 0 Å². The topological polar surface area (TPSA) is 81.2 Å². The van der Waals surface area contributed by atoms with Gasteiger partial charge in [-0.2, -0.15) is 0 Å². The molecular weight excluding hydrogens is 254 g/mol. The van der Waals surface area contributed by atoms with Crippen molar-refractivity contribution < 1.29 is 9.32 Å². The summed E-state index contributed by atoms with van der Waals surface area (Å²) in [5, 5.41) is 6.71. The lowest BCUT2D eigenvalue weighted by Crippen LogP contribution is -2.37. The van der Waals surface area contributed by atoms with Gasteiger partial charge in [-0.1, -0.05) is 19.0 Å². The van der Waals surface area contributed by atoms with Gasteiger partial charge in [0.1, 0.15) is 0 Å². The molecule has 0 fully saturated rings. The molecule has 0 spiro atoms. The third kappa shape index (κ3) is 4.66. The number of hydrogen-bond donors (Lipinski definition) is 2. The molecule has 0 bridgehead atoms. The Kier molecular flexibility index (Phi) is 7.62. The monoisotopic (exact) mass is 275 g/mol. The molecule has 1 amide bonds. The minimum absolute atomic E-state index is 0. The first-order valence-corrected chi connectivity index (χ1v) is 6.07. The van der Waals surface area contributed by atoms with Gasteiger partial charge in [-0.3, -0.25) is 4.79 Å². The molecule has 1 heterocycles. The molecule has 104 valence electrons. The quantitative estimate of drug-likeness (QED) is 0.832. The molecule has 0 aliphatic carbocycles. The Morgan fingerprint density at radius 1 is 1.50 bits per heavy atom. The summed E-state index contributed by atoms with van der Waals surface area (Å²) in [6.45, 7) is 6.24. The van der Waals surface area contributed by atoms with Crippen molar-refractivity contribution in [2.75, 3.05) is 0 Å². The van der Waals surface area contributed by atoms with E-state index in [1.54, 1.807) is 6.92 Å². The van der Waals surface area contributed by atoms with Crippen molar-refractivity contribution >= 4 is 18.3 Å². The summed E-state index contributed by atoms with van der Waals surface area (Å²) in [5.74, 6) is 0.906. The van der Waals surface area contributed by atoms with E-state index in [0.717, 1.165) is 18.5 Å². The molecule has 0 aromatic carbocycles. The van der Waals surface area contributed by atoms with Crippen LogP contribution in [0.3, 0.4) is 0 Å². The summed E-state index contributed by atoms with van der Waals surface area (Å²) in [6, 6.07) is 1.40. The Labute approximate surface area is 114 Å². The number of nitrogens with zero attached hydrogens (tertiary/aromatic N) is 1. The Bertz CT molecular complexity index is 362. The number of hydrogen-bond acceptors (Lipinski definition) is 4. The van der Waals surface area contributed by atoms with Gasteiger partial charge in [0.25, 0.3) is 0 Å². The van der Waals surface area contributed by atoms with Gasteiger partial charge < -0.3 is 15.6 Å². The Balaban J connectivity index is 0.00000289. The van der Waals surface area contributed by atoms with Crippen LogP contribution < -0.4 is 11.1 Å². The number of aromatic nitrogens is 1. The van der Waals surface area contributed by atoms with Crippen LogP contribution in [0.15, 0.2) is 10.6 Å². The highest BCUT2D eigenvalue weighted by molar-refractivity contribution is 5.85. The third-order valence-corrected chi connectivity index (χ3v) is 2.83. The number of nitrogens with one attached hydrogen (secondary N) is 1. The fourth-order valence-corrected chi connectivity index (χ4v) is 1.65. The lowest BCUT2D eigenvalue weighted by Gasteiger charge is -2.06. The zero-order valence-corrected chi connectivity index (χ0v) is 11.9. The highest BCUT2D eigenvalue weighted by atomic mass is 35.5. The van der Waals surface area contributed by atoms with Crippen molar-refractivity contribution in [2.24, 2.45) is 5.73 Å². The second-order valence-electron chi connectivity index (χ2n) is 4.24. The van der Waals surface area contributed by atoms with Crippen molar-refractivity contribution in [3.05, 3.63) is 17.5 Å². The average molecular weight is 276 g/mol. The van der Waals surface area contributed by atoms with E-state index in [4.69, 9.17) is 10.3 Å². The van der Waals surface area contributed by atoms with Gasteiger partial charge in [-0.05, 0) is 19.8 Å². The molecule has 0 saturated heterocycles. The van der Waals surface area contributed by atoms with Crippen molar-refractivity contribution in [2.45, 2.75) is 52.1 Å². The number of amides is 1. The molecule has 0 aliphatic rings. The van der Waals surface area contributed by atoms with Gasteiger partial charge in [-0.15, -0.1) is 12.4 Å². The van der Waals surface area contributed by atoms with Gasteiger partial charge in [0.05, 0.1) is 18.3 Å². The van der Waals surface area contributed by atoms with E-state index < -0.39 is 6.04 Å². The van der Waals surface area contributed by atoms with Crippen LogP contribution in [0.5, 0.6) is 0 Å². The Morgan fingerprint density at radius 2 is 2.11 bits per heavy atom. The minimum atomic E-state index is -0.503. The molecule has 1 atom stereocenters. The largest absolute Gasteiger partial charge is 0.359 e. The highest BCUT2D eigenvalue weighted by Crippen LogP contribution is 2.22. The summed E-state index contributed by atoms with van der Waals surface area (Å²) in [5.41, 5.74) is 6.40. The van der Waals surface area contributed by atoms with E-state index >= 15 is 0 Å². The first-order valence-electron chi connectivity index (χ1n) is 6.07. The van der Waals surface area contributed by atoms with E-state index in [9.17, 15) is 4.79 Å². The van der Waals surface area contributed by atoms with Gasteiger partial charge >= 0.3 is 0 Å². The Hall–Kier alpha value is -1.07. The standard InChI is InChI=1S/C12H21N3O2.ClH/c1-4-9(5-2)11-6-10(17-15-11)7-14-12(16)8(3)13;/h6,8-9H,4-5,7,13H2,1-3H3,(H,14,16);1H/t8-;/m0./s1. The van der Waals surface area contributed by atoms with Crippen LogP contribution in [0.2, 0.25) is 0 Å². The second-order valence-corrected chi connectivity index (χ2v) is 4.24. The zero-order valence-electron chi connectivity index (χ0n) is 11.1. The van der Waals surface area contributed by atoms with Crippen molar-refractivity contribution in [3.63, 3.8) is 0 Å². The third-order valence-electron chi connectivity index (χ3n) is 2.83. The number of halogens is 1. The van der Waals surface area contributed by atoms with E-state index in [2.05, 4.69) is 24.3 Å². The van der Waals surface area contributed by atoms with Gasteiger partial charge in [0.2, 0.25) is 5.91 Å². The lowest BCUT2D eigenvalue weighted by molar-refractivity contribution is -0.122. The lowest BCUT2D eigenvalue weighted by atomic mass is 9.99. The molecule has 5 nitrogen and oxygen atoms in total. The fourth-order valence-electron chi connectivity index (χ4n) is 1.65. The maximum absolute atomic E-state index is 11.3. The summed E-state index contributed by atoms with van der Waals surface area (Å²) in [7, 11) is 0. The molecule has 1 aromatic rings. The van der Waals surface area contributed by atoms with E-state index in [-0.39, 0.29) is 18.3 Å². The zero-order chi connectivity index (χ0) is 12.8. The van der Waals surface area contributed by atoms with Gasteiger partial charge in [0.15, 0.2) is 5.76 Å². The van der Waals surface area contributed by atoms with E-state index in [1.807, 2.05) is 6.07 Å². The minimum Gasteiger partial charge on any atom is -0.359 e. The predicted molar refractivity (Wildman–Crippen MR) is 72.6 cm³/mol. The van der Waals surface area contributed by atoms with Crippen LogP contribution in [0.4, 0.5) is 0 Å². The van der Waals surface area contributed by atoms with Crippen molar-refractivity contribution in [1.82, 2.24) is 10.5 Å². The molecule has 1 rings (SSSR count). The number of nitrogens with two attached hydrogens (primary N) is 1. The van der Waals surface area contributed by atoms with Crippen molar-refractivity contribution in [1.29, 1.82) is 0 Å². The molecule has 0 saturated carbocycles. The number of rotatable bonds is 6. The van der Waals surface area contributed by atoms with Crippen LogP contribution in [-0.2, 0) is 11.3 Å². The second kappa shape index (κ2) is 8.11. The number of carbonyl (C=O) groups excluding carboxylic acids is 1. The normalized spacial score (nSPS) is 12.1. The molecule has 0 aliphatic heterocycles. The molecule has 0 unspecified atom stereocenters. The predicted octanol–water partition coefficient (Wildman–Crippen LogP) is 1.96. The number of carbonyl (C=O) groups is 1. The molecule has 1 aromatic heterocycles. The Morgan fingerprint density at radius 3 is 2.61 bits per heavy atom. The SMILES string of the molecule is CCC(CC)c1cc(CNC(=O)[C@H](C)N)on1.Cl. The summed E-state index contributed by atoms with van der Waals surface area (Å²) >= 11 is 0. The summed E-state index contributed by atoms with van der Waals surface area (Å²) in [4.78, 5) is 11.3. The van der Waals surface area contributed by atoms with E-state index in [0.29, 0.717) is 18.2 Å². The molecule has 0 radical (unpaired) electrons. The van der Waals surface area contributed by atoms with Crippen LogP contribution >= 0.6 is 12.4 Å². The van der Waals surface area contributed by atoms with Gasteiger partial charge in [0, 0.05) is 12.0 Å². The van der Waals surface area contributed by atoms with Crippen LogP contribution in [0, 0.1) is 0 Å². The molecular formula is C12H22ClN3O2. The molecule has 3 N–H and O–H groups in total. The molecule has 18 heavy (non-hydrogen) atoms.